The van der Waals surface area contributed by atoms with Crippen molar-refractivity contribution in [1.29, 1.82) is 0 Å². The Morgan fingerprint density at radius 3 is 2.86 bits per heavy atom. The Bertz CT molecular complexity index is 675. The minimum absolute atomic E-state index is 0.00908. The van der Waals surface area contributed by atoms with Crippen molar-refractivity contribution < 1.29 is 14.6 Å². The molecule has 0 saturated heterocycles. The minimum atomic E-state index is -0.905. The van der Waals surface area contributed by atoms with Gasteiger partial charge in [0.1, 0.15) is 5.82 Å². The Morgan fingerprint density at radius 2 is 2.19 bits per heavy atom. The van der Waals surface area contributed by atoms with Gasteiger partial charge >= 0.3 is 0 Å². The smallest absolute Gasteiger partial charge is 0.222 e. The first-order valence-corrected chi connectivity index (χ1v) is 6.65. The monoisotopic (exact) mass is 292 g/mol. The van der Waals surface area contributed by atoms with E-state index in [4.69, 9.17) is 5.73 Å². The van der Waals surface area contributed by atoms with Gasteiger partial charge in [0, 0.05) is 0 Å². The number of aliphatic imine (C=N–C) groups is 1. The number of aliphatic hydroxyl groups excluding tert-OH is 2. The number of anilines is 1. The Kier molecular flexibility index (Phi) is 4.77. The van der Waals surface area contributed by atoms with Gasteiger partial charge in [-0.15, -0.1) is 0 Å². The van der Waals surface area contributed by atoms with Gasteiger partial charge in [0.2, 0.25) is 5.95 Å². The highest BCUT2D eigenvalue weighted by atomic mass is 19.1. The number of halogens is 1. The van der Waals surface area contributed by atoms with Gasteiger partial charge in [-0.05, 0) is 18.6 Å². The van der Waals surface area contributed by atoms with E-state index in [1.54, 1.807) is 6.07 Å². The molecule has 1 atom stereocenters. The van der Waals surface area contributed by atoms with Crippen molar-refractivity contribution in [2.24, 2.45) is 4.99 Å². The molecular weight excluding hydrogens is 275 g/mol. The molecule has 112 valence electrons. The third-order valence-electron chi connectivity index (χ3n) is 3.03. The van der Waals surface area contributed by atoms with Gasteiger partial charge in [-0.3, -0.25) is 0 Å². The van der Waals surface area contributed by atoms with Crippen LogP contribution in [-0.2, 0) is 0 Å². The maximum Gasteiger partial charge on any atom is 0.222 e. The van der Waals surface area contributed by atoms with Crippen LogP contribution in [0.5, 0.6) is 0 Å². The van der Waals surface area contributed by atoms with Gasteiger partial charge in [-0.2, -0.15) is 4.98 Å². The van der Waals surface area contributed by atoms with Crippen LogP contribution in [0.4, 0.5) is 16.2 Å². The number of nitrogen functional groups attached to an aromatic ring is 1. The molecule has 0 fully saturated rings. The summed E-state index contributed by atoms with van der Waals surface area (Å²) in [5.41, 5.74) is 6.04. The van der Waals surface area contributed by atoms with Gasteiger partial charge in [-0.25, -0.2) is 14.4 Å². The highest BCUT2D eigenvalue weighted by molar-refractivity contribution is 5.96. The lowest BCUT2D eigenvalue weighted by Crippen LogP contribution is -2.23. The number of nitrogens with two attached hydrogens (primary N) is 1. The summed E-state index contributed by atoms with van der Waals surface area (Å²) >= 11 is 0. The number of benzene rings is 1. The summed E-state index contributed by atoms with van der Waals surface area (Å²) in [6.07, 6.45) is 0.264. The fraction of sp³-hybridized carbons (Fsp3) is 0.357. The number of nitrogens with zero attached hydrogens (tertiary/aromatic N) is 3. The molecule has 0 saturated carbocycles. The summed E-state index contributed by atoms with van der Waals surface area (Å²) in [7, 11) is 0. The molecule has 0 bridgehead atoms. The van der Waals surface area contributed by atoms with Crippen LogP contribution in [0.1, 0.15) is 19.8 Å². The van der Waals surface area contributed by atoms with E-state index >= 15 is 0 Å². The predicted molar refractivity (Wildman–Crippen MR) is 79.0 cm³/mol. The average Bonchev–Trinajstić information content (AvgIpc) is 2.44. The molecule has 0 amide bonds. The molecule has 0 spiro atoms. The minimum Gasteiger partial charge on any atom is -0.390 e. The quantitative estimate of drug-likeness (QED) is 0.726. The normalized spacial score (nSPS) is 13.6. The lowest BCUT2D eigenvalue weighted by Gasteiger charge is -2.11. The number of hydrogen-bond acceptors (Lipinski definition) is 6. The van der Waals surface area contributed by atoms with Gasteiger partial charge in [0.25, 0.3) is 0 Å². The van der Waals surface area contributed by atoms with Gasteiger partial charge in [0.05, 0.1) is 29.3 Å². The molecule has 1 heterocycles. The van der Waals surface area contributed by atoms with Crippen LogP contribution in [0.3, 0.4) is 0 Å². The standard InChI is InChI=1S/C14H17FN4O2/c1-2-4-11(21)10(7-20)17-13-12-8(15)5-3-6-9(12)18-14(16)19-13/h3,5-6,11,20-21H,2,4,7H2,1H3,(H2,16,18,19)/b17-10-/t11-/m0/s1. The fourth-order valence-electron chi connectivity index (χ4n) is 2.01. The molecule has 4 N–H and O–H groups in total. The van der Waals surface area contributed by atoms with Crippen molar-refractivity contribution in [3.05, 3.63) is 24.0 Å². The molecule has 0 aliphatic heterocycles. The summed E-state index contributed by atoms with van der Waals surface area (Å²) < 4.78 is 14.0. The van der Waals surface area contributed by atoms with Crippen LogP contribution < -0.4 is 5.73 Å². The Hall–Kier alpha value is -2.12. The van der Waals surface area contributed by atoms with E-state index < -0.39 is 18.5 Å². The van der Waals surface area contributed by atoms with Gasteiger partial charge < -0.3 is 15.9 Å². The largest absolute Gasteiger partial charge is 0.390 e. The Labute approximate surface area is 121 Å². The lowest BCUT2D eigenvalue weighted by molar-refractivity contribution is 0.218. The maximum atomic E-state index is 14.0. The van der Waals surface area contributed by atoms with Crippen molar-refractivity contribution in [3.63, 3.8) is 0 Å². The first-order chi connectivity index (χ1) is 10.1. The summed E-state index contributed by atoms with van der Waals surface area (Å²) in [6, 6.07) is 4.37. The Balaban J connectivity index is 2.59. The summed E-state index contributed by atoms with van der Waals surface area (Å²) in [5, 5.41) is 19.4. The molecule has 0 aliphatic carbocycles. The third kappa shape index (κ3) is 3.32. The topological polar surface area (TPSA) is 105 Å². The first kappa shape index (κ1) is 15.3. The van der Waals surface area contributed by atoms with Crippen molar-refractivity contribution in [3.8, 4) is 0 Å². The predicted octanol–water partition coefficient (Wildman–Crippen LogP) is 1.58. The molecule has 2 rings (SSSR count). The number of hydrogen-bond donors (Lipinski definition) is 3. The fourth-order valence-corrected chi connectivity index (χ4v) is 2.01. The van der Waals surface area contributed by atoms with E-state index in [1.165, 1.54) is 12.1 Å². The molecule has 1 aromatic carbocycles. The van der Waals surface area contributed by atoms with Crippen LogP contribution >= 0.6 is 0 Å². The van der Waals surface area contributed by atoms with Crippen LogP contribution in [-0.4, -0.2) is 38.6 Å². The van der Waals surface area contributed by atoms with E-state index in [9.17, 15) is 14.6 Å². The van der Waals surface area contributed by atoms with E-state index in [2.05, 4.69) is 15.0 Å². The van der Waals surface area contributed by atoms with Crippen molar-refractivity contribution >= 4 is 28.4 Å². The molecule has 0 aliphatic rings. The van der Waals surface area contributed by atoms with E-state index in [0.29, 0.717) is 11.9 Å². The molecular formula is C14H17FN4O2. The van der Waals surface area contributed by atoms with Crippen molar-refractivity contribution in [2.75, 3.05) is 12.3 Å². The zero-order chi connectivity index (χ0) is 15.4. The molecule has 2 aromatic rings. The van der Waals surface area contributed by atoms with Crippen LogP contribution in [0, 0.1) is 5.82 Å². The second kappa shape index (κ2) is 6.55. The zero-order valence-corrected chi connectivity index (χ0v) is 11.6. The number of aliphatic hydroxyl groups is 2. The second-order valence-corrected chi connectivity index (χ2v) is 4.61. The van der Waals surface area contributed by atoms with E-state index in [1.807, 2.05) is 6.92 Å². The maximum absolute atomic E-state index is 14.0. The highest BCUT2D eigenvalue weighted by Crippen LogP contribution is 2.26. The van der Waals surface area contributed by atoms with Crippen LogP contribution in [0.25, 0.3) is 10.9 Å². The average molecular weight is 292 g/mol. The van der Waals surface area contributed by atoms with E-state index in [0.717, 1.165) is 6.42 Å². The zero-order valence-electron chi connectivity index (χ0n) is 11.6. The van der Waals surface area contributed by atoms with Crippen LogP contribution in [0.15, 0.2) is 23.2 Å². The summed E-state index contributed by atoms with van der Waals surface area (Å²) in [5.74, 6) is -0.572. The summed E-state index contributed by atoms with van der Waals surface area (Å²) in [4.78, 5) is 11.9. The number of fused-ring (bicyclic) bond motifs is 1. The summed E-state index contributed by atoms with van der Waals surface area (Å²) in [6.45, 7) is 1.46. The second-order valence-electron chi connectivity index (χ2n) is 4.61. The number of aromatic nitrogens is 2. The van der Waals surface area contributed by atoms with Crippen molar-refractivity contribution in [2.45, 2.75) is 25.9 Å². The lowest BCUT2D eigenvalue weighted by atomic mass is 10.1. The van der Waals surface area contributed by atoms with Gasteiger partial charge in [-0.1, -0.05) is 19.4 Å². The van der Waals surface area contributed by atoms with Crippen LogP contribution in [0.2, 0.25) is 0 Å². The first-order valence-electron chi connectivity index (χ1n) is 6.65. The molecule has 7 heteroatoms. The number of rotatable bonds is 5. The Morgan fingerprint density at radius 1 is 1.43 bits per heavy atom. The molecule has 6 nitrogen and oxygen atoms in total. The molecule has 0 unspecified atom stereocenters. The van der Waals surface area contributed by atoms with Gasteiger partial charge in [0.15, 0.2) is 5.82 Å². The van der Waals surface area contributed by atoms with E-state index in [-0.39, 0.29) is 22.9 Å². The molecule has 21 heavy (non-hydrogen) atoms. The highest BCUT2D eigenvalue weighted by Gasteiger charge is 2.15. The molecule has 1 aromatic heterocycles. The van der Waals surface area contributed by atoms with Crippen molar-refractivity contribution in [1.82, 2.24) is 9.97 Å². The SMILES string of the molecule is CCC[C@H](O)/C(CO)=N\c1nc(N)nc2cccc(F)c12. The third-order valence-corrected chi connectivity index (χ3v) is 3.03. The molecule has 0 radical (unpaired) electrons.